The van der Waals surface area contributed by atoms with Crippen molar-refractivity contribution in [1.29, 1.82) is 5.26 Å². The van der Waals surface area contributed by atoms with Gasteiger partial charge in [-0.25, -0.2) is 0 Å². The fraction of sp³-hybridized carbons (Fsp3) is 0.417. The molecule has 0 spiro atoms. The Bertz CT molecular complexity index is 540. The molecule has 0 fully saturated rings. The predicted octanol–water partition coefficient (Wildman–Crippen LogP) is 0.507. The molecule has 1 heterocycles. The van der Waals surface area contributed by atoms with Crippen LogP contribution < -0.4 is 10.9 Å². The number of pyridine rings is 1. The molecule has 1 aromatic rings. The van der Waals surface area contributed by atoms with Crippen molar-refractivity contribution in [3.05, 3.63) is 33.2 Å². The van der Waals surface area contributed by atoms with Crippen molar-refractivity contribution < 1.29 is 4.79 Å². The minimum absolute atomic E-state index is 0.0879. The summed E-state index contributed by atoms with van der Waals surface area (Å²) in [4.78, 5) is 26.1. The summed E-state index contributed by atoms with van der Waals surface area (Å²) in [5.41, 5.74) is 1.71. The van der Waals surface area contributed by atoms with Crippen LogP contribution in [0.1, 0.15) is 34.5 Å². The maximum Gasteiger partial charge on any atom is 0.261 e. The molecule has 2 rings (SSSR count). The Morgan fingerprint density at radius 3 is 3.00 bits per heavy atom. The molecule has 1 aromatic heterocycles. The summed E-state index contributed by atoms with van der Waals surface area (Å²) in [6, 6.07) is 3.46. The van der Waals surface area contributed by atoms with Crippen LogP contribution in [0.25, 0.3) is 0 Å². The Morgan fingerprint density at radius 1 is 1.47 bits per heavy atom. The molecule has 0 aromatic carbocycles. The van der Waals surface area contributed by atoms with Gasteiger partial charge >= 0.3 is 0 Å². The van der Waals surface area contributed by atoms with Crippen LogP contribution in [0.4, 0.5) is 0 Å². The van der Waals surface area contributed by atoms with Crippen molar-refractivity contribution in [1.82, 2.24) is 10.3 Å². The minimum atomic E-state index is -0.485. The molecule has 17 heavy (non-hydrogen) atoms. The van der Waals surface area contributed by atoms with Crippen molar-refractivity contribution in [3.8, 4) is 6.07 Å². The van der Waals surface area contributed by atoms with Gasteiger partial charge in [-0.1, -0.05) is 0 Å². The molecular formula is C12H13N3O2. The third-order valence-corrected chi connectivity index (χ3v) is 2.91. The average molecular weight is 231 g/mol. The number of carbonyl (C=O) groups excluding carboxylic acids is 1. The van der Waals surface area contributed by atoms with Crippen LogP contribution in [-0.2, 0) is 12.8 Å². The van der Waals surface area contributed by atoms with Gasteiger partial charge in [-0.3, -0.25) is 9.59 Å². The second-order valence-electron chi connectivity index (χ2n) is 4.06. The Morgan fingerprint density at radius 2 is 2.24 bits per heavy atom. The van der Waals surface area contributed by atoms with Crippen LogP contribution in [0.2, 0.25) is 0 Å². The van der Waals surface area contributed by atoms with Crippen molar-refractivity contribution >= 4 is 5.91 Å². The van der Waals surface area contributed by atoms with Gasteiger partial charge < -0.3 is 10.3 Å². The van der Waals surface area contributed by atoms with Crippen LogP contribution in [0, 0.1) is 11.3 Å². The number of carbonyl (C=O) groups is 1. The van der Waals surface area contributed by atoms with Gasteiger partial charge in [-0.15, -0.1) is 0 Å². The first-order valence-electron chi connectivity index (χ1n) is 5.62. The number of H-pyrrole nitrogens is 1. The van der Waals surface area contributed by atoms with E-state index in [0.717, 1.165) is 36.9 Å². The first kappa shape index (κ1) is 11.4. The van der Waals surface area contributed by atoms with Gasteiger partial charge in [0.2, 0.25) is 0 Å². The zero-order chi connectivity index (χ0) is 12.3. The van der Waals surface area contributed by atoms with E-state index in [1.165, 1.54) is 0 Å². The standard InChI is InChI=1S/C12H13N3O2/c13-5-6-14-11(16)9-7-8-3-1-2-4-10(8)15-12(9)17/h7H,1-4,6H2,(H,14,16)(H,15,17). The van der Waals surface area contributed by atoms with E-state index in [4.69, 9.17) is 5.26 Å². The van der Waals surface area contributed by atoms with E-state index in [-0.39, 0.29) is 17.7 Å². The van der Waals surface area contributed by atoms with Gasteiger partial charge in [0.25, 0.3) is 11.5 Å². The highest BCUT2D eigenvalue weighted by Crippen LogP contribution is 2.18. The van der Waals surface area contributed by atoms with E-state index in [0.29, 0.717) is 0 Å². The molecule has 1 amide bonds. The van der Waals surface area contributed by atoms with E-state index >= 15 is 0 Å². The van der Waals surface area contributed by atoms with Crippen LogP contribution in [0.5, 0.6) is 0 Å². The van der Waals surface area contributed by atoms with Crippen molar-refractivity contribution in [2.75, 3.05) is 6.54 Å². The Balaban J connectivity index is 2.32. The highest BCUT2D eigenvalue weighted by Gasteiger charge is 2.16. The first-order chi connectivity index (χ1) is 8.22. The Kier molecular flexibility index (Phi) is 3.24. The topological polar surface area (TPSA) is 85.8 Å². The van der Waals surface area contributed by atoms with E-state index in [1.54, 1.807) is 12.1 Å². The lowest BCUT2D eigenvalue weighted by molar-refractivity contribution is 0.0957. The number of nitrogens with one attached hydrogen (secondary N) is 2. The molecule has 0 unspecified atom stereocenters. The van der Waals surface area contributed by atoms with E-state index in [1.807, 2.05) is 0 Å². The third kappa shape index (κ3) is 2.36. The number of fused-ring (bicyclic) bond motifs is 1. The lowest BCUT2D eigenvalue weighted by Crippen LogP contribution is -2.31. The second-order valence-corrected chi connectivity index (χ2v) is 4.06. The second kappa shape index (κ2) is 4.83. The van der Waals surface area contributed by atoms with Crippen molar-refractivity contribution in [2.24, 2.45) is 0 Å². The molecule has 0 aliphatic heterocycles. The molecule has 5 nitrogen and oxygen atoms in total. The third-order valence-electron chi connectivity index (χ3n) is 2.91. The zero-order valence-corrected chi connectivity index (χ0v) is 9.38. The summed E-state index contributed by atoms with van der Waals surface area (Å²) in [6.45, 7) is -0.0879. The van der Waals surface area contributed by atoms with E-state index in [2.05, 4.69) is 10.3 Å². The molecule has 0 atom stereocenters. The van der Waals surface area contributed by atoms with E-state index < -0.39 is 5.91 Å². The monoisotopic (exact) mass is 231 g/mol. The average Bonchev–Trinajstić information content (AvgIpc) is 2.35. The lowest BCUT2D eigenvalue weighted by Gasteiger charge is -2.15. The highest BCUT2D eigenvalue weighted by atomic mass is 16.2. The van der Waals surface area contributed by atoms with Crippen molar-refractivity contribution in [2.45, 2.75) is 25.7 Å². The first-order valence-corrected chi connectivity index (χ1v) is 5.62. The molecule has 1 aliphatic rings. The number of hydrogen-bond acceptors (Lipinski definition) is 3. The normalized spacial score (nSPS) is 13.6. The SMILES string of the molecule is N#CCNC(=O)c1cc2c([nH]c1=O)CCCC2. The fourth-order valence-corrected chi connectivity index (χ4v) is 2.06. The van der Waals surface area contributed by atoms with Crippen LogP contribution >= 0.6 is 0 Å². The molecule has 0 saturated carbocycles. The highest BCUT2D eigenvalue weighted by molar-refractivity contribution is 5.94. The summed E-state index contributed by atoms with van der Waals surface area (Å²) in [5.74, 6) is -0.485. The zero-order valence-electron chi connectivity index (χ0n) is 9.38. The summed E-state index contributed by atoms with van der Waals surface area (Å²) < 4.78 is 0. The van der Waals surface area contributed by atoms with Gasteiger partial charge in [0.1, 0.15) is 12.1 Å². The maximum absolute atomic E-state index is 11.7. The molecular weight excluding hydrogens is 218 g/mol. The van der Waals surface area contributed by atoms with Crippen LogP contribution in [0.3, 0.4) is 0 Å². The number of rotatable bonds is 2. The lowest BCUT2D eigenvalue weighted by atomic mass is 9.95. The number of aromatic amines is 1. The number of nitriles is 1. The number of hydrogen-bond donors (Lipinski definition) is 2. The molecule has 0 bridgehead atoms. The Hall–Kier alpha value is -2.09. The van der Waals surface area contributed by atoms with Gasteiger partial charge in [0.15, 0.2) is 0 Å². The van der Waals surface area contributed by atoms with Gasteiger partial charge in [0, 0.05) is 5.69 Å². The largest absolute Gasteiger partial charge is 0.339 e. The van der Waals surface area contributed by atoms with Gasteiger partial charge in [0.05, 0.1) is 6.07 Å². The van der Waals surface area contributed by atoms with Gasteiger partial charge in [-0.2, -0.15) is 5.26 Å². The Labute approximate surface area is 98.5 Å². The minimum Gasteiger partial charge on any atom is -0.339 e. The fourth-order valence-electron chi connectivity index (χ4n) is 2.06. The molecule has 2 N–H and O–H groups in total. The summed E-state index contributed by atoms with van der Waals surface area (Å²) in [7, 11) is 0. The predicted molar refractivity (Wildman–Crippen MR) is 61.7 cm³/mol. The quantitative estimate of drug-likeness (QED) is 0.727. The number of aryl methyl sites for hydroxylation is 2. The molecule has 0 saturated heterocycles. The summed E-state index contributed by atoms with van der Waals surface area (Å²) >= 11 is 0. The van der Waals surface area contributed by atoms with Crippen molar-refractivity contribution in [3.63, 3.8) is 0 Å². The number of aromatic nitrogens is 1. The number of nitrogens with zero attached hydrogens (tertiary/aromatic N) is 1. The van der Waals surface area contributed by atoms with Crippen LogP contribution in [-0.4, -0.2) is 17.4 Å². The molecule has 88 valence electrons. The van der Waals surface area contributed by atoms with Crippen LogP contribution in [0.15, 0.2) is 10.9 Å². The van der Waals surface area contributed by atoms with Gasteiger partial charge in [-0.05, 0) is 37.3 Å². The number of amides is 1. The molecule has 5 heteroatoms. The van der Waals surface area contributed by atoms with E-state index in [9.17, 15) is 9.59 Å². The molecule has 1 aliphatic carbocycles. The summed E-state index contributed by atoms with van der Waals surface area (Å²) in [5, 5.41) is 10.7. The smallest absolute Gasteiger partial charge is 0.261 e. The summed E-state index contributed by atoms with van der Waals surface area (Å²) in [6.07, 6.45) is 3.91. The molecule has 0 radical (unpaired) electrons. The maximum atomic E-state index is 11.7.